The van der Waals surface area contributed by atoms with Gasteiger partial charge in [0.15, 0.2) is 0 Å². The van der Waals surface area contributed by atoms with E-state index in [1.165, 1.54) is 16.0 Å². The molecule has 124 valence electrons. The normalized spacial score (nSPS) is 11.2. The Morgan fingerprint density at radius 2 is 2.04 bits per heavy atom. The van der Waals surface area contributed by atoms with Crippen molar-refractivity contribution in [1.82, 2.24) is 20.6 Å². The predicted molar refractivity (Wildman–Crippen MR) is 97.9 cm³/mol. The molecule has 0 radical (unpaired) electrons. The second-order valence-electron chi connectivity index (χ2n) is 5.42. The van der Waals surface area contributed by atoms with Gasteiger partial charge < -0.3 is 5.32 Å². The molecule has 6 nitrogen and oxygen atoms in total. The van der Waals surface area contributed by atoms with E-state index in [2.05, 4.69) is 64.1 Å². The highest BCUT2D eigenvalue weighted by molar-refractivity contribution is 7.99. The van der Waals surface area contributed by atoms with Crippen molar-refractivity contribution in [3.8, 4) is 6.07 Å². The average molecular weight is 348 g/mol. The average Bonchev–Trinajstić information content (AvgIpc) is 3.14. The lowest BCUT2D eigenvalue weighted by atomic mass is 10.2. The molecule has 0 bridgehead atoms. The molecule has 0 aliphatic rings. The van der Waals surface area contributed by atoms with E-state index in [0.717, 1.165) is 10.6 Å². The first-order chi connectivity index (χ1) is 12.2. The highest BCUT2D eigenvalue weighted by atomic mass is 32.2. The number of allylic oxidation sites excluding steroid dienone is 1. The molecule has 0 spiro atoms. The number of tetrazole rings is 1. The quantitative estimate of drug-likeness (QED) is 0.679. The molecular weight excluding hydrogens is 332 g/mol. The molecule has 1 heterocycles. The van der Waals surface area contributed by atoms with Gasteiger partial charge in [-0.05, 0) is 42.8 Å². The molecule has 0 unspecified atom stereocenters. The third-order valence-corrected chi connectivity index (χ3v) is 4.77. The highest BCUT2D eigenvalue weighted by Gasteiger charge is 2.08. The zero-order valence-corrected chi connectivity index (χ0v) is 14.6. The summed E-state index contributed by atoms with van der Waals surface area (Å²) in [4.78, 5) is 2.26. The first-order valence-corrected chi connectivity index (χ1v) is 8.44. The number of aromatic amines is 1. The van der Waals surface area contributed by atoms with Crippen LogP contribution in [-0.4, -0.2) is 20.6 Å². The van der Waals surface area contributed by atoms with Crippen molar-refractivity contribution in [2.24, 2.45) is 0 Å². The zero-order valence-electron chi connectivity index (χ0n) is 13.8. The number of nitrogens with one attached hydrogen (secondary N) is 2. The van der Waals surface area contributed by atoms with E-state index < -0.39 is 0 Å². The first kappa shape index (κ1) is 16.7. The van der Waals surface area contributed by atoms with Crippen molar-refractivity contribution in [2.75, 3.05) is 5.32 Å². The second-order valence-corrected chi connectivity index (χ2v) is 6.50. The van der Waals surface area contributed by atoms with E-state index in [0.29, 0.717) is 5.57 Å². The lowest BCUT2D eigenvalue weighted by Gasteiger charge is -2.11. The minimum atomic E-state index is 0.259. The van der Waals surface area contributed by atoms with E-state index >= 15 is 0 Å². The summed E-state index contributed by atoms with van der Waals surface area (Å²) in [6, 6.07) is 16.4. The van der Waals surface area contributed by atoms with Crippen LogP contribution in [0, 0.1) is 25.2 Å². The third-order valence-electron chi connectivity index (χ3n) is 3.52. The maximum Gasteiger partial charge on any atom is 0.216 e. The van der Waals surface area contributed by atoms with Gasteiger partial charge in [-0.1, -0.05) is 41.6 Å². The van der Waals surface area contributed by atoms with E-state index in [-0.39, 0.29) is 5.82 Å². The topological polar surface area (TPSA) is 90.3 Å². The van der Waals surface area contributed by atoms with Crippen LogP contribution in [-0.2, 0) is 0 Å². The smallest absolute Gasteiger partial charge is 0.216 e. The molecular formula is C18H16N6S. The summed E-state index contributed by atoms with van der Waals surface area (Å²) in [7, 11) is 0. The molecule has 0 aliphatic carbocycles. The first-order valence-electron chi connectivity index (χ1n) is 7.62. The Labute approximate surface area is 150 Å². The number of para-hydroxylation sites is 1. The molecule has 0 fully saturated rings. The lowest BCUT2D eigenvalue weighted by Crippen LogP contribution is -1.94. The largest absolute Gasteiger partial charge is 0.359 e. The molecule has 3 rings (SSSR count). The Morgan fingerprint density at radius 3 is 2.76 bits per heavy atom. The summed E-state index contributed by atoms with van der Waals surface area (Å²) in [5, 5.41) is 25.9. The van der Waals surface area contributed by atoms with Crippen molar-refractivity contribution in [3.63, 3.8) is 0 Å². The van der Waals surface area contributed by atoms with Gasteiger partial charge in [-0.3, -0.25) is 0 Å². The van der Waals surface area contributed by atoms with Crippen LogP contribution in [0.15, 0.2) is 58.5 Å². The van der Waals surface area contributed by atoms with Gasteiger partial charge >= 0.3 is 0 Å². The number of benzene rings is 2. The maximum atomic E-state index is 9.26. The van der Waals surface area contributed by atoms with Gasteiger partial charge in [0.05, 0.1) is 5.69 Å². The van der Waals surface area contributed by atoms with Crippen LogP contribution < -0.4 is 5.32 Å². The van der Waals surface area contributed by atoms with Crippen LogP contribution in [0.25, 0.3) is 5.57 Å². The zero-order chi connectivity index (χ0) is 17.6. The maximum absolute atomic E-state index is 9.26. The number of rotatable bonds is 5. The SMILES string of the molecule is Cc1ccc(Sc2ccccc2NC=C(C#N)c2nn[nH]n2)c(C)c1. The van der Waals surface area contributed by atoms with E-state index in [4.69, 9.17) is 0 Å². The van der Waals surface area contributed by atoms with Crippen LogP contribution in [0.2, 0.25) is 0 Å². The summed E-state index contributed by atoms with van der Waals surface area (Å²) in [5.41, 5.74) is 3.69. The fraction of sp³-hybridized carbons (Fsp3) is 0.111. The van der Waals surface area contributed by atoms with Gasteiger partial charge in [-0.15, -0.1) is 10.2 Å². The van der Waals surface area contributed by atoms with Gasteiger partial charge in [0.1, 0.15) is 11.6 Å². The van der Waals surface area contributed by atoms with Crippen LogP contribution in [0.1, 0.15) is 17.0 Å². The Balaban J connectivity index is 1.85. The summed E-state index contributed by atoms with van der Waals surface area (Å²) < 4.78 is 0. The van der Waals surface area contributed by atoms with E-state index in [1.807, 2.05) is 24.3 Å². The van der Waals surface area contributed by atoms with Crippen molar-refractivity contribution in [3.05, 3.63) is 65.6 Å². The number of aromatic nitrogens is 4. The number of H-pyrrole nitrogens is 1. The Kier molecular flexibility index (Phi) is 5.11. The van der Waals surface area contributed by atoms with Crippen LogP contribution in [0.3, 0.4) is 0 Å². The van der Waals surface area contributed by atoms with Gasteiger partial charge in [0.2, 0.25) is 5.82 Å². The number of nitrogens with zero attached hydrogens (tertiary/aromatic N) is 4. The molecule has 0 amide bonds. The molecule has 0 aliphatic heterocycles. The number of aryl methyl sites for hydroxylation is 2. The Bertz CT molecular complexity index is 940. The summed E-state index contributed by atoms with van der Waals surface area (Å²) in [6.45, 7) is 4.19. The van der Waals surface area contributed by atoms with Crippen molar-refractivity contribution in [2.45, 2.75) is 23.6 Å². The van der Waals surface area contributed by atoms with Crippen molar-refractivity contribution < 1.29 is 0 Å². The fourth-order valence-corrected chi connectivity index (χ4v) is 3.26. The van der Waals surface area contributed by atoms with Gasteiger partial charge in [0.25, 0.3) is 0 Å². The molecule has 0 saturated carbocycles. The summed E-state index contributed by atoms with van der Waals surface area (Å²) in [5.74, 6) is 0.259. The van der Waals surface area contributed by atoms with Gasteiger partial charge in [-0.2, -0.15) is 10.5 Å². The van der Waals surface area contributed by atoms with Crippen LogP contribution in [0.5, 0.6) is 0 Å². The summed E-state index contributed by atoms with van der Waals surface area (Å²) in [6.07, 6.45) is 1.59. The second kappa shape index (κ2) is 7.64. The number of hydrogen-bond donors (Lipinski definition) is 2. The molecule has 2 N–H and O–H groups in total. The van der Waals surface area contributed by atoms with Gasteiger partial charge in [-0.25, -0.2) is 0 Å². The van der Waals surface area contributed by atoms with Crippen LogP contribution in [0.4, 0.5) is 5.69 Å². The van der Waals surface area contributed by atoms with Crippen LogP contribution >= 0.6 is 11.8 Å². The summed E-state index contributed by atoms with van der Waals surface area (Å²) >= 11 is 1.68. The molecule has 2 aromatic carbocycles. The molecule has 1 aromatic heterocycles. The minimum absolute atomic E-state index is 0.259. The van der Waals surface area contributed by atoms with E-state index in [1.54, 1.807) is 18.0 Å². The monoisotopic (exact) mass is 348 g/mol. The Morgan fingerprint density at radius 1 is 1.20 bits per heavy atom. The standard InChI is InChI=1S/C18H16N6S/c1-12-7-8-16(13(2)9-12)25-17-6-4-3-5-15(17)20-11-14(10-19)18-21-23-24-22-18/h3-9,11,20H,1-2H3,(H,21,22,23,24). The molecule has 0 atom stereocenters. The highest BCUT2D eigenvalue weighted by Crippen LogP contribution is 2.35. The Hall–Kier alpha value is -3.11. The molecule has 0 saturated heterocycles. The number of nitriles is 1. The third kappa shape index (κ3) is 4.05. The van der Waals surface area contributed by atoms with Gasteiger partial charge in [0, 0.05) is 16.0 Å². The van der Waals surface area contributed by atoms with E-state index in [9.17, 15) is 5.26 Å². The lowest BCUT2D eigenvalue weighted by molar-refractivity contribution is 0.881. The predicted octanol–water partition coefficient (Wildman–Crippen LogP) is 3.94. The molecule has 25 heavy (non-hydrogen) atoms. The number of hydrogen-bond acceptors (Lipinski definition) is 6. The fourth-order valence-electron chi connectivity index (χ4n) is 2.28. The molecule has 7 heteroatoms. The van der Waals surface area contributed by atoms with Crippen molar-refractivity contribution >= 4 is 23.0 Å². The number of anilines is 1. The molecule has 3 aromatic rings. The minimum Gasteiger partial charge on any atom is -0.359 e. The van der Waals surface area contributed by atoms with Crippen molar-refractivity contribution in [1.29, 1.82) is 5.26 Å².